The van der Waals surface area contributed by atoms with Gasteiger partial charge in [-0.3, -0.25) is 15.0 Å². The first-order valence-electron chi connectivity index (χ1n) is 6.98. The Morgan fingerprint density at radius 2 is 2.20 bits per heavy atom. The fraction of sp³-hybridized carbons (Fsp3) is 0.571. The van der Waals surface area contributed by atoms with E-state index < -0.39 is 0 Å². The fourth-order valence-corrected chi connectivity index (χ4v) is 3.38. The second-order valence-electron chi connectivity index (χ2n) is 5.27. The summed E-state index contributed by atoms with van der Waals surface area (Å²) in [6, 6.07) is 5.67. The predicted octanol–water partition coefficient (Wildman–Crippen LogP) is 3.06. The van der Waals surface area contributed by atoms with Crippen molar-refractivity contribution in [3.05, 3.63) is 38.3 Å². The van der Waals surface area contributed by atoms with Crippen LogP contribution in [0, 0.1) is 10.1 Å². The Morgan fingerprint density at radius 1 is 1.40 bits per heavy atom. The van der Waals surface area contributed by atoms with Gasteiger partial charge >= 0.3 is 0 Å². The van der Waals surface area contributed by atoms with Crippen LogP contribution in [0.2, 0.25) is 0 Å². The van der Waals surface area contributed by atoms with Gasteiger partial charge in [-0.15, -0.1) is 0 Å². The maximum absolute atomic E-state index is 10.9. The van der Waals surface area contributed by atoms with E-state index in [0.29, 0.717) is 12.6 Å². The largest absolute Gasteiger partial charge is 0.330 e. The molecule has 1 unspecified atom stereocenters. The first kappa shape index (κ1) is 15.4. The molecule has 1 aromatic carbocycles. The van der Waals surface area contributed by atoms with Gasteiger partial charge < -0.3 is 5.73 Å². The molecule has 1 aromatic rings. The first-order chi connectivity index (χ1) is 9.60. The van der Waals surface area contributed by atoms with Gasteiger partial charge in [0.2, 0.25) is 0 Å². The molecule has 2 rings (SSSR count). The Bertz CT molecular complexity index is 479. The molecule has 0 aliphatic carbocycles. The lowest BCUT2D eigenvalue weighted by Gasteiger charge is -2.35. The molecule has 1 saturated heterocycles. The molecule has 1 fully saturated rings. The lowest BCUT2D eigenvalue weighted by molar-refractivity contribution is -0.385. The number of hydrogen-bond donors (Lipinski definition) is 1. The van der Waals surface area contributed by atoms with E-state index in [-0.39, 0.29) is 10.6 Å². The number of piperidine rings is 1. The molecule has 1 heterocycles. The summed E-state index contributed by atoms with van der Waals surface area (Å²) in [6.07, 6.45) is 4.61. The number of likely N-dealkylation sites (tertiary alicyclic amines) is 1. The molecule has 0 amide bonds. The quantitative estimate of drug-likeness (QED) is 0.659. The van der Waals surface area contributed by atoms with Crippen molar-refractivity contribution in [1.82, 2.24) is 4.90 Å². The number of nitrogens with zero attached hydrogens (tertiary/aromatic N) is 2. The van der Waals surface area contributed by atoms with E-state index in [4.69, 9.17) is 5.73 Å². The van der Waals surface area contributed by atoms with E-state index in [0.717, 1.165) is 29.5 Å². The standard InChI is InChI=1S/C14H20BrN3O2/c15-12-7-11(8-14(9-12)18(19)20)10-17-6-2-1-3-13(17)4-5-16/h7-9,13H,1-6,10,16H2. The lowest BCUT2D eigenvalue weighted by atomic mass is 9.98. The zero-order valence-corrected chi connectivity index (χ0v) is 13.0. The van der Waals surface area contributed by atoms with Gasteiger partial charge in [-0.2, -0.15) is 0 Å². The van der Waals surface area contributed by atoms with Crippen molar-refractivity contribution in [3.8, 4) is 0 Å². The number of hydrogen-bond acceptors (Lipinski definition) is 4. The molecule has 110 valence electrons. The molecular formula is C14H20BrN3O2. The molecule has 0 aromatic heterocycles. The minimum Gasteiger partial charge on any atom is -0.330 e. The Morgan fingerprint density at radius 3 is 2.90 bits per heavy atom. The minimum absolute atomic E-state index is 0.141. The van der Waals surface area contributed by atoms with Gasteiger partial charge in [0, 0.05) is 29.2 Å². The molecule has 6 heteroatoms. The average molecular weight is 342 g/mol. The molecule has 20 heavy (non-hydrogen) atoms. The zero-order chi connectivity index (χ0) is 14.5. The number of nitrogens with two attached hydrogens (primary N) is 1. The molecule has 1 atom stereocenters. The minimum atomic E-state index is -0.345. The molecule has 2 N–H and O–H groups in total. The highest BCUT2D eigenvalue weighted by Gasteiger charge is 2.22. The molecule has 1 aliphatic heterocycles. The summed E-state index contributed by atoms with van der Waals surface area (Å²) < 4.78 is 0.758. The van der Waals surface area contributed by atoms with Crippen LogP contribution in [0.25, 0.3) is 0 Å². The molecule has 1 aliphatic rings. The number of nitro benzene ring substituents is 1. The van der Waals surface area contributed by atoms with Gasteiger partial charge in [-0.05, 0) is 44.0 Å². The third-order valence-corrected chi connectivity index (χ3v) is 4.25. The van der Waals surface area contributed by atoms with Gasteiger partial charge in [0.15, 0.2) is 0 Å². The molecule has 5 nitrogen and oxygen atoms in total. The molecule has 0 bridgehead atoms. The van der Waals surface area contributed by atoms with Crippen molar-refractivity contribution in [2.45, 2.75) is 38.3 Å². The van der Waals surface area contributed by atoms with Gasteiger partial charge in [-0.1, -0.05) is 22.4 Å². The highest BCUT2D eigenvalue weighted by atomic mass is 79.9. The van der Waals surface area contributed by atoms with Crippen LogP contribution in [0.3, 0.4) is 0 Å². The highest BCUT2D eigenvalue weighted by Crippen LogP contribution is 2.26. The van der Waals surface area contributed by atoms with Crippen molar-refractivity contribution in [2.24, 2.45) is 5.73 Å². The van der Waals surface area contributed by atoms with Gasteiger partial charge in [0.1, 0.15) is 0 Å². The number of rotatable bonds is 5. The SMILES string of the molecule is NCCC1CCCCN1Cc1cc(Br)cc([N+](=O)[O-])c1. The highest BCUT2D eigenvalue weighted by molar-refractivity contribution is 9.10. The number of non-ortho nitro benzene ring substituents is 1. The lowest BCUT2D eigenvalue weighted by Crippen LogP contribution is -2.40. The normalized spacial score (nSPS) is 20.0. The summed E-state index contributed by atoms with van der Waals surface area (Å²) >= 11 is 3.35. The van der Waals surface area contributed by atoms with Crippen LogP contribution in [0.4, 0.5) is 5.69 Å². The van der Waals surface area contributed by atoms with Crippen LogP contribution < -0.4 is 5.73 Å². The van der Waals surface area contributed by atoms with Crippen LogP contribution in [0.5, 0.6) is 0 Å². The van der Waals surface area contributed by atoms with Crippen molar-refractivity contribution in [1.29, 1.82) is 0 Å². The predicted molar refractivity (Wildman–Crippen MR) is 82.5 cm³/mol. The van der Waals surface area contributed by atoms with Crippen LogP contribution in [0.1, 0.15) is 31.2 Å². The van der Waals surface area contributed by atoms with E-state index in [9.17, 15) is 10.1 Å². The maximum Gasteiger partial charge on any atom is 0.270 e. The van der Waals surface area contributed by atoms with Gasteiger partial charge in [-0.25, -0.2) is 0 Å². The Kier molecular flexibility index (Phi) is 5.51. The van der Waals surface area contributed by atoms with E-state index >= 15 is 0 Å². The second-order valence-corrected chi connectivity index (χ2v) is 6.19. The summed E-state index contributed by atoms with van der Waals surface area (Å²) in [5.41, 5.74) is 6.80. The fourth-order valence-electron chi connectivity index (χ4n) is 2.85. The summed E-state index contributed by atoms with van der Waals surface area (Å²) in [6.45, 7) is 2.50. The smallest absolute Gasteiger partial charge is 0.270 e. The third kappa shape index (κ3) is 4.01. The average Bonchev–Trinajstić information content (AvgIpc) is 2.40. The second kappa shape index (κ2) is 7.15. The summed E-state index contributed by atoms with van der Waals surface area (Å²) in [5, 5.41) is 10.9. The summed E-state index contributed by atoms with van der Waals surface area (Å²) in [4.78, 5) is 13.0. The van der Waals surface area contributed by atoms with Crippen LogP contribution >= 0.6 is 15.9 Å². The molecular weight excluding hydrogens is 322 g/mol. The number of nitro groups is 1. The molecule has 0 saturated carbocycles. The van der Waals surface area contributed by atoms with Crippen molar-refractivity contribution in [2.75, 3.05) is 13.1 Å². The van der Waals surface area contributed by atoms with E-state index in [1.54, 1.807) is 6.07 Å². The monoisotopic (exact) mass is 341 g/mol. The van der Waals surface area contributed by atoms with Crippen LogP contribution in [0.15, 0.2) is 22.7 Å². The zero-order valence-electron chi connectivity index (χ0n) is 11.4. The molecule has 0 spiro atoms. The van der Waals surface area contributed by atoms with Gasteiger partial charge in [0.05, 0.1) is 4.92 Å². The third-order valence-electron chi connectivity index (χ3n) is 3.79. The summed E-state index contributed by atoms with van der Waals surface area (Å²) in [7, 11) is 0. The van der Waals surface area contributed by atoms with Crippen molar-refractivity contribution in [3.63, 3.8) is 0 Å². The Hall–Kier alpha value is -0.980. The number of benzene rings is 1. The van der Waals surface area contributed by atoms with E-state index in [1.807, 2.05) is 6.07 Å². The topological polar surface area (TPSA) is 72.4 Å². The summed E-state index contributed by atoms with van der Waals surface area (Å²) in [5.74, 6) is 0. The first-order valence-corrected chi connectivity index (χ1v) is 7.77. The molecule has 0 radical (unpaired) electrons. The van der Waals surface area contributed by atoms with E-state index in [1.165, 1.54) is 25.3 Å². The van der Waals surface area contributed by atoms with Crippen molar-refractivity contribution < 1.29 is 4.92 Å². The Labute approximate surface area is 127 Å². The van der Waals surface area contributed by atoms with Gasteiger partial charge in [0.25, 0.3) is 5.69 Å². The van der Waals surface area contributed by atoms with Crippen molar-refractivity contribution >= 4 is 21.6 Å². The Balaban J connectivity index is 2.13. The maximum atomic E-state index is 10.9. The van der Waals surface area contributed by atoms with E-state index in [2.05, 4.69) is 20.8 Å². The van der Waals surface area contributed by atoms with Crippen LogP contribution in [-0.4, -0.2) is 29.0 Å². The van der Waals surface area contributed by atoms with Crippen LogP contribution in [-0.2, 0) is 6.54 Å². The number of halogens is 1.